The van der Waals surface area contributed by atoms with Crippen LogP contribution in [0, 0.1) is 0 Å². The molecular formula is C8H15NO3. The molecule has 2 atom stereocenters. The van der Waals surface area contributed by atoms with Crippen molar-refractivity contribution in [1.82, 2.24) is 4.90 Å². The van der Waals surface area contributed by atoms with Gasteiger partial charge in [0.05, 0.1) is 13.2 Å². The number of rotatable bonds is 1. The molecule has 0 saturated carbocycles. The highest BCUT2D eigenvalue weighted by molar-refractivity contribution is 5.80. The zero-order chi connectivity index (χ0) is 9.35. The van der Waals surface area contributed by atoms with E-state index in [2.05, 4.69) is 4.74 Å². The van der Waals surface area contributed by atoms with Gasteiger partial charge in [-0.15, -0.1) is 0 Å². The molecular weight excluding hydrogens is 158 g/mol. The van der Waals surface area contributed by atoms with Crippen LogP contribution in [0.15, 0.2) is 0 Å². The van der Waals surface area contributed by atoms with Crippen molar-refractivity contribution in [3.05, 3.63) is 0 Å². The van der Waals surface area contributed by atoms with Crippen LogP contribution in [0.2, 0.25) is 0 Å². The standard InChI is InChI=1S/C8H15NO3/c1-8(7(11)12-3)4-6(10)5-9(8)2/h6,10H,4-5H2,1-3H3/t6-,8-/m1/s1. The smallest absolute Gasteiger partial charge is 0.326 e. The summed E-state index contributed by atoms with van der Waals surface area (Å²) in [5.41, 5.74) is -0.645. The molecule has 1 heterocycles. The highest BCUT2D eigenvalue weighted by atomic mass is 16.5. The molecule has 0 aliphatic carbocycles. The van der Waals surface area contributed by atoms with E-state index in [4.69, 9.17) is 0 Å². The van der Waals surface area contributed by atoms with E-state index in [1.165, 1.54) is 7.11 Å². The molecule has 1 N–H and O–H groups in total. The number of likely N-dealkylation sites (N-methyl/N-ethyl adjacent to an activating group) is 1. The molecule has 0 aromatic heterocycles. The van der Waals surface area contributed by atoms with E-state index >= 15 is 0 Å². The van der Waals surface area contributed by atoms with E-state index < -0.39 is 11.6 Å². The maximum atomic E-state index is 11.3. The van der Waals surface area contributed by atoms with Crippen molar-refractivity contribution >= 4 is 5.97 Å². The van der Waals surface area contributed by atoms with Crippen molar-refractivity contribution in [2.24, 2.45) is 0 Å². The molecule has 0 unspecified atom stereocenters. The lowest BCUT2D eigenvalue weighted by molar-refractivity contribution is -0.151. The third-order valence-electron chi connectivity index (χ3n) is 2.59. The van der Waals surface area contributed by atoms with Crippen LogP contribution in [0.25, 0.3) is 0 Å². The zero-order valence-electron chi connectivity index (χ0n) is 7.70. The molecule has 0 amide bonds. The quantitative estimate of drug-likeness (QED) is 0.549. The number of aliphatic hydroxyl groups is 1. The van der Waals surface area contributed by atoms with E-state index in [9.17, 15) is 9.90 Å². The second-order valence-electron chi connectivity index (χ2n) is 3.50. The number of ether oxygens (including phenoxy) is 1. The first-order valence-electron chi connectivity index (χ1n) is 3.98. The Kier molecular flexibility index (Phi) is 2.39. The summed E-state index contributed by atoms with van der Waals surface area (Å²) in [7, 11) is 3.18. The molecule has 0 bridgehead atoms. The molecule has 1 saturated heterocycles. The summed E-state index contributed by atoms with van der Waals surface area (Å²) in [5, 5.41) is 9.33. The first-order valence-corrected chi connectivity index (χ1v) is 3.98. The molecule has 1 aliphatic rings. The molecule has 0 radical (unpaired) electrons. The van der Waals surface area contributed by atoms with Gasteiger partial charge in [0.15, 0.2) is 0 Å². The van der Waals surface area contributed by atoms with Gasteiger partial charge in [-0.2, -0.15) is 0 Å². The first-order chi connectivity index (χ1) is 5.50. The molecule has 1 rings (SSSR count). The van der Waals surface area contributed by atoms with Crippen LogP contribution in [0.1, 0.15) is 13.3 Å². The second kappa shape index (κ2) is 3.03. The lowest BCUT2D eigenvalue weighted by Gasteiger charge is -2.28. The number of likely N-dealkylation sites (tertiary alicyclic amines) is 1. The van der Waals surface area contributed by atoms with Gasteiger partial charge in [0.25, 0.3) is 0 Å². The Labute approximate surface area is 72.1 Å². The van der Waals surface area contributed by atoms with E-state index in [-0.39, 0.29) is 5.97 Å². The van der Waals surface area contributed by atoms with Crippen molar-refractivity contribution < 1.29 is 14.6 Å². The minimum Gasteiger partial charge on any atom is -0.468 e. The summed E-state index contributed by atoms with van der Waals surface area (Å²) in [6.07, 6.45) is 0.0370. The molecule has 0 spiro atoms. The summed E-state index contributed by atoms with van der Waals surface area (Å²) in [4.78, 5) is 13.1. The highest BCUT2D eigenvalue weighted by Gasteiger charge is 2.46. The fraction of sp³-hybridized carbons (Fsp3) is 0.875. The molecule has 1 aliphatic heterocycles. The summed E-state index contributed by atoms with van der Waals surface area (Å²) in [6, 6.07) is 0. The van der Waals surface area contributed by atoms with Gasteiger partial charge in [0.2, 0.25) is 0 Å². The van der Waals surface area contributed by atoms with Crippen molar-refractivity contribution in [1.29, 1.82) is 0 Å². The van der Waals surface area contributed by atoms with Gasteiger partial charge in [-0.1, -0.05) is 0 Å². The van der Waals surface area contributed by atoms with Crippen LogP contribution in [0.5, 0.6) is 0 Å². The number of carbonyl (C=O) groups excluding carboxylic acids is 1. The maximum Gasteiger partial charge on any atom is 0.326 e. The Bertz CT molecular complexity index is 195. The molecule has 0 aromatic rings. The number of hydrogen-bond acceptors (Lipinski definition) is 4. The average molecular weight is 173 g/mol. The predicted octanol–water partition coefficient (Wildman–Crippen LogP) is -0.386. The molecule has 4 heteroatoms. The molecule has 70 valence electrons. The summed E-state index contributed by atoms with van der Waals surface area (Å²) in [6.45, 7) is 2.32. The van der Waals surface area contributed by atoms with E-state index in [0.717, 1.165) is 0 Å². The molecule has 4 nitrogen and oxygen atoms in total. The number of hydrogen-bond donors (Lipinski definition) is 1. The summed E-state index contributed by atoms with van der Waals surface area (Å²) >= 11 is 0. The topological polar surface area (TPSA) is 49.8 Å². The van der Waals surface area contributed by atoms with Crippen LogP contribution < -0.4 is 0 Å². The van der Waals surface area contributed by atoms with E-state index in [1.54, 1.807) is 6.92 Å². The fourth-order valence-electron chi connectivity index (χ4n) is 1.66. The first kappa shape index (κ1) is 9.48. The van der Waals surface area contributed by atoms with Gasteiger partial charge >= 0.3 is 5.97 Å². The number of aliphatic hydroxyl groups excluding tert-OH is 1. The normalized spacial score (nSPS) is 36.8. The lowest BCUT2D eigenvalue weighted by Crippen LogP contribution is -2.46. The third kappa shape index (κ3) is 1.32. The second-order valence-corrected chi connectivity index (χ2v) is 3.50. The number of nitrogens with zero attached hydrogens (tertiary/aromatic N) is 1. The lowest BCUT2D eigenvalue weighted by atomic mass is 9.99. The number of methoxy groups -OCH3 is 1. The van der Waals surface area contributed by atoms with Gasteiger partial charge in [0, 0.05) is 13.0 Å². The highest BCUT2D eigenvalue weighted by Crippen LogP contribution is 2.28. The minimum atomic E-state index is -0.645. The molecule has 1 fully saturated rings. The van der Waals surface area contributed by atoms with Crippen molar-refractivity contribution in [2.75, 3.05) is 20.7 Å². The Morgan fingerprint density at radius 2 is 2.33 bits per heavy atom. The SMILES string of the molecule is COC(=O)[C@@]1(C)C[C@@H](O)CN1C. The molecule has 0 aromatic carbocycles. The van der Waals surface area contributed by atoms with Crippen molar-refractivity contribution in [2.45, 2.75) is 25.0 Å². The largest absolute Gasteiger partial charge is 0.468 e. The summed E-state index contributed by atoms with van der Waals surface area (Å²) < 4.78 is 4.66. The number of β-amino-alcohol motifs (C(OH)–C–C–N with tert-alkyl or cyclic N) is 1. The van der Waals surface area contributed by atoms with Crippen LogP contribution >= 0.6 is 0 Å². The van der Waals surface area contributed by atoms with Crippen LogP contribution in [-0.2, 0) is 9.53 Å². The Balaban J connectivity index is 2.77. The van der Waals surface area contributed by atoms with Gasteiger partial charge in [0.1, 0.15) is 5.54 Å². The van der Waals surface area contributed by atoms with E-state index in [0.29, 0.717) is 13.0 Å². The minimum absolute atomic E-state index is 0.276. The molecule has 12 heavy (non-hydrogen) atoms. The zero-order valence-corrected chi connectivity index (χ0v) is 7.70. The predicted molar refractivity (Wildman–Crippen MR) is 43.7 cm³/mol. The monoisotopic (exact) mass is 173 g/mol. The van der Waals surface area contributed by atoms with Crippen molar-refractivity contribution in [3.63, 3.8) is 0 Å². The van der Waals surface area contributed by atoms with Crippen molar-refractivity contribution in [3.8, 4) is 0 Å². The van der Waals surface area contributed by atoms with Crippen LogP contribution in [0.4, 0.5) is 0 Å². The van der Waals surface area contributed by atoms with Crippen LogP contribution in [0.3, 0.4) is 0 Å². The average Bonchev–Trinajstić information content (AvgIpc) is 2.26. The maximum absolute atomic E-state index is 11.3. The van der Waals surface area contributed by atoms with Gasteiger partial charge < -0.3 is 9.84 Å². The third-order valence-corrected chi connectivity index (χ3v) is 2.59. The van der Waals surface area contributed by atoms with Gasteiger partial charge in [-0.3, -0.25) is 9.69 Å². The number of esters is 1. The Hall–Kier alpha value is -0.610. The number of carbonyl (C=O) groups is 1. The van der Waals surface area contributed by atoms with E-state index in [1.807, 2.05) is 11.9 Å². The van der Waals surface area contributed by atoms with Crippen LogP contribution in [-0.4, -0.2) is 48.3 Å². The fourth-order valence-corrected chi connectivity index (χ4v) is 1.66. The van der Waals surface area contributed by atoms with Gasteiger partial charge in [-0.25, -0.2) is 0 Å². The Morgan fingerprint density at radius 1 is 1.75 bits per heavy atom. The summed E-state index contributed by atoms with van der Waals surface area (Å²) in [5.74, 6) is -0.276. The van der Waals surface area contributed by atoms with Gasteiger partial charge in [-0.05, 0) is 14.0 Å². The Morgan fingerprint density at radius 3 is 2.67 bits per heavy atom.